The Labute approximate surface area is 212 Å². The molecule has 0 aliphatic carbocycles. The maximum absolute atomic E-state index is 12.8. The van der Waals surface area contributed by atoms with Crippen LogP contribution in [0.3, 0.4) is 0 Å². The number of nitrogens with zero attached hydrogens (tertiary/aromatic N) is 1. The van der Waals surface area contributed by atoms with Crippen LogP contribution < -0.4 is 19.5 Å². The second-order valence-corrected chi connectivity index (χ2v) is 9.08. The number of fused-ring (bicyclic) bond motifs is 1. The van der Waals surface area contributed by atoms with Gasteiger partial charge in [0, 0.05) is 11.8 Å². The summed E-state index contributed by atoms with van der Waals surface area (Å²) in [6.07, 6.45) is 1.54. The zero-order valence-electron chi connectivity index (χ0n) is 18.4. The van der Waals surface area contributed by atoms with E-state index in [0.29, 0.717) is 46.2 Å². The molecule has 4 rings (SSSR count). The number of carbonyl (C=O) groups is 4. The molecule has 1 fully saturated rings. The lowest BCUT2D eigenvalue weighted by molar-refractivity contribution is -0.143. The van der Waals surface area contributed by atoms with E-state index < -0.39 is 29.6 Å². The highest BCUT2D eigenvalue weighted by molar-refractivity contribution is 9.10. The van der Waals surface area contributed by atoms with Crippen LogP contribution in [-0.4, -0.2) is 61.4 Å². The Morgan fingerprint density at radius 1 is 1.14 bits per heavy atom. The molecular formula is C23H19BrN2O8S. The Kier molecular flexibility index (Phi) is 7.61. The number of hydrogen-bond donors (Lipinski definition) is 1. The van der Waals surface area contributed by atoms with Crippen molar-refractivity contribution in [3.05, 3.63) is 51.3 Å². The largest absolute Gasteiger partial charge is 0.486 e. The first-order valence-electron chi connectivity index (χ1n) is 10.3. The highest BCUT2D eigenvalue weighted by Gasteiger charge is 2.36. The summed E-state index contributed by atoms with van der Waals surface area (Å²) < 4.78 is 21.4. The van der Waals surface area contributed by atoms with Gasteiger partial charge in [0.2, 0.25) is 5.91 Å². The van der Waals surface area contributed by atoms with Gasteiger partial charge in [0.25, 0.3) is 11.1 Å². The van der Waals surface area contributed by atoms with E-state index in [9.17, 15) is 19.2 Å². The number of amides is 3. The van der Waals surface area contributed by atoms with Crippen molar-refractivity contribution in [2.75, 3.05) is 38.8 Å². The Hall–Kier alpha value is -3.51. The second-order valence-electron chi connectivity index (χ2n) is 7.23. The van der Waals surface area contributed by atoms with Crippen LogP contribution in [0.15, 0.2) is 45.8 Å². The summed E-state index contributed by atoms with van der Waals surface area (Å²) in [5.74, 6) is -0.111. The third-order valence-electron chi connectivity index (χ3n) is 4.83. The van der Waals surface area contributed by atoms with Gasteiger partial charge in [-0.25, -0.2) is 4.79 Å². The quantitative estimate of drug-likeness (QED) is 0.399. The molecule has 2 aliphatic rings. The SMILES string of the molecule is COC(=O)COc1ccc(/C=C2/SC(=O)N(CC(=O)Nc3ccc4c(c3)OCCO4)C2=O)cc1Br. The molecule has 0 unspecified atom stereocenters. The van der Waals surface area contributed by atoms with Crippen molar-refractivity contribution in [1.29, 1.82) is 0 Å². The molecule has 0 radical (unpaired) electrons. The van der Waals surface area contributed by atoms with Crippen molar-refractivity contribution in [3.63, 3.8) is 0 Å². The number of ether oxygens (including phenoxy) is 4. The molecule has 0 atom stereocenters. The maximum atomic E-state index is 12.8. The summed E-state index contributed by atoms with van der Waals surface area (Å²) in [6, 6.07) is 9.90. The Morgan fingerprint density at radius 2 is 1.91 bits per heavy atom. The van der Waals surface area contributed by atoms with Gasteiger partial charge in [0.05, 0.1) is 16.5 Å². The topological polar surface area (TPSA) is 120 Å². The van der Waals surface area contributed by atoms with Crippen molar-refractivity contribution in [2.45, 2.75) is 0 Å². The van der Waals surface area contributed by atoms with Crippen LogP contribution in [0.2, 0.25) is 0 Å². The number of thioether (sulfide) groups is 1. The van der Waals surface area contributed by atoms with Crippen LogP contribution >= 0.6 is 27.7 Å². The Morgan fingerprint density at radius 3 is 2.66 bits per heavy atom. The maximum Gasteiger partial charge on any atom is 0.343 e. The molecule has 35 heavy (non-hydrogen) atoms. The van der Waals surface area contributed by atoms with E-state index in [1.165, 1.54) is 7.11 Å². The smallest absolute Gasteiger partial charge is 0.343 e. The fraction of sp³-hybridized carbons (Fsp3) is 0.217. The van der Waals surface area contributed by atoms with Gasteiger partial charge in [0.1, 0.15) is 25.5 Å². The molecule has 12 heteroatoms. The molecule has 3 amide bonds. The lowest BCUT2D eigenvalue weighted by atomic mass is 10.2. The van der Waals surface area contributed by atoms with E-state index in [0.717, 1.165) is 16.7 Å². The van der Waals surface area contributed by atoms with Crippen molar-refractivity contribution < 1.29 is 38.1 Å². The van der Waals surface area contributed by atoms with Crippen LogP contribution in [0.5, 0.6) is 17.2 Å². The van der Waals surface area contributed by atoms with Crippen molar-refractivity contribution in [1.82, 2.24) is 4.90 Å². The van der Waals surface area contributed by atoms with Gasteiger partial charge in [-0.2, -0.15) is 0 Å². The average Bonchev–Trinajstić information content (AvgIpc) is 3.10. The molecule has 2 heterocycles. The number of carbonyl (C=O) groups excluding carboxylic acids is 4. The summed E-state index contributed by atoms with van der Waals surface area (Å²) in [5, 5.41) is 2.11. The fourth-order valence-corrected chi connectivity index (χ4v) is 4.52. The standard InChI is InChI=1S/C23H19BrN2O8S/c1-31-21(28)12-34-16-4-2-13(8-15(16)24)9-19-22(29)26(23(30)35-19)11-20(27)25-14-3-5-17-18(10-14)33-7-6-32-17/h2-5,8-10H,6-7,11-12H2,1H3,(H,25,27)/b19-9+. The lowest BCUT2D eigenvalue weighted by Gasteiger charge is -2.19. The van der Waals surface area contributed by atoms with Crippen LogP contribution in [-0.2, 0) is 19.1 Å². The number of imide groups is 1. The third kappa shape index (κ3) is 5.95. The number of benzene rings is 2. The summed E-state index contributed by atoms with van der Waals surface area (Å²) in [6.45, 7) is 0.186. The number of rotatable bonds is 7. The monoisotopic (exact) mass is 562 g/mol. The molecule has 2 aromatic rings. The fourth-order valence-electron chi connectivity index (χ4n) is 3.17. The van der Waals surface area contributed by atoms with Crippen molar-refractivity contribution in [3.8, 4) is 17.2 Å². The van der Waals surface area contributed by atoms with Gasteiger partial charge < -0.3 is 24.3 Å². The molecule has 2 aliphatic heterocycles. The van der Waals surface area contributed by atoms with Gasteiger partial charge in [-0.3, -0.25) is 19.3 Å². The van der Waals surface area contributed by atoms with Crippen molar-refractivity contribution >= 4 is 62.5 Å². The minimum Gasteiger partial charge on any atom is -0.486 e. The lowest BCUT2D eigenvalue weighted by Crippen LogP contribution is -2.36. The van der Waals surface area contributed by atoms with Crippen LogP contribution in [0.25, 0.3) is 6.08 Å². The third-order valence-corrected chi connectivity index (χ3v) is 6.36. The van der Waals surface area contributed by atoms with Gasteiger partial charge in [-0.1, -0.05) is 6.07 Å². The summed E-state index contributed by atoms with van der Waals surface area (Å²) in [5.41, 5.74) is 1.08. The number of halogens is 1. The minimum atomic E-state index is -0.570. The molecule has 1 N–H and O–H groups in total. The Bertz CT molecular complexity index is 1230. The number of esters is 1. The average molecular weight is 563 g/mol. The van der Waals surface area contributed by atoms with Crippen LogP contribution in [0.4, 0.5) is 10.5 Å². The molecule has 0 aromatic heterocycles. The van der Waals surface area contributed by atoms with Gasteiger partial charge in [-0.15, -0.1) is 0 Å². The molecule has 1 saturated heterocycles. The predicted octanol–water partition coefficient (Wildman–Crippen LogP) is 3.45. The van der Waals surface area contributed by atoms with E-state index in [1.807, 2.05) is 0 Å². The predicted molar refractivity (Wildman–Crippen MR) is 130 cm³/mol. The first-order valence-corrected chi connectivity index (χ1v) is 11.9. The van der Waals surface area contributed by atoms with Gasteiger partial charge in [-0.05, 0) is 63.6 Å². The number of nitrogens with one attached hydrogen (secondary N) is 1. The molecule has 0 spiro atoms. The molecule has 10 nitrogen and oxygen atoms in total. The summed E-state index contributed by atoms with van der Waals surface area (Å²) in [7, 11) is 1.26. The zero-order valence-corrected chi connectivity index (χ0v) is 20.8. The van der Waals surface area contributed by atoms with Crippen molar-refractivity contribution in [2.24, 2.45) is 0 Å². The van der Waals surface area contributed by atoms with E-state index >= 15 is 0 Å². The van der Waals surface area contributed by atoms with E-state index in [2.05, 4.69) is 26.0 Å². The Balaban J connectivity index is 1.39. The molecule has 0 bridgehead atoms. The summed E-state index contributed by atoms with van der Waals surface area (Å²) in [4.78, 5) is 50.0. The highest BCUT2D eigenvalue weighted by Crippen LogP contribution is 2.35. The van der Waals surface area contributed by atoms with E-state index in [1.54, 1.807) is 42.5 Å². The minimum absolute atomic E-state index is 0.178. The summed E-state index contributed by atoms with van der Waals surface area (Å²) >= 11 is 4.09. The van der Waals surface area contributed by atoms with Crippen LogP contribution in [0, 0.1) is 0 Å². The van der Waals surface area contributed by atoms with Gasteiger partial charge in [0.15, 0.2) is 18.1 Å². The molecule has 182 valence electrons. The highest BCUT2D eigenvalue weighted by atomic mass is 79.9. The zero-order chi connectivity index (χ0) is 24.9. The normalized spacial score (nSPS) is 15.8. The molecule has 0 saturated carbocycles. The van der Waals surface area contributed by atoms with Gasteiger partial charge >= 0.3 is 5.97 Å². The van der Waals surface area contributed by atoms with E-state index in [-0.39, 0.29) is 11.5 Å². The number of methoxy groups -OCH3 is 1. The molecule has 2 aromatic carbocycles. The number of anilines is 1. The van der Waals surface area contributed by atoms with Crippen LogP contribution in [0.1, 0.15) is 5.56 Å². The molecular weight excluding hydrogens is 544 g/mol. The first-order chi connectivity index (χ1) is 16.8. The number of hydrogen-bond acceptors (Lipinski definition) is 9. The second kappa shape index (κ2) is 10.8. The van der Waals surface area contributed by atoms with E-state index in [4.69, 9.17) is 14.2 Å². The first kappa shape index (κ1) is 24.6.